The zero-order valence-electron chi connectivity index (χ0n) is 15.6. The average Bonchev–Trinajstić information content (AvgIpc) is 3.11. The van der Waals surface area contributed by atoms with E-state index in [0.29, 0.717) is 12.0 Å². The monoisotopic (exact) mass is 427 g/mol. The fourth-order valence-corrected chi connectivity index (χ4v) is 4.55. The molecule has 3 atom stereocenters. The fourth-order valence-electron chi connectivity index (χ4n) is 3.21. The van der Waals surface area contributed by atoms with Crippen molar-refractivity contribution in [3.63, 3.8) is 0 Å². The number of benzene rings is 2. The Balaban J connectivity index is 1.32. The molecule has 4 rings (SSSR count). The molecule has 1 N–H and O–H groups in total. The molecule has 0 bridgehead atoms. The van der Waals surface area contributed by atoms with Gasteiger partial charge in [0, 0.05) is 18.6 Å². The molecule has 0 radical (unpaired) electrons. The van der Waals surface area contributed by atoms with Gasteiger partial charge in [-0.3, -0.25) is 24.8 Å². The molecular weight excluding hydrogens is 410 g/mol. The predicted molar refractivity (Wildman–Crippen MR) is 108 cm³/mol. The van der Waals surface area contributed by atoms with Crippen LogP contribution < -0.4 is 0 Å². The lowest BCUT2D eigenvalue weighted by Gasteiger charge is -2.42. The van der Waals surface area contributed by atoms with Gasteiger partial charge in [-0.2, -0.15) is 0 Å². The quantitative estimate of drug-likeness (QED) is 0.310. The van der Waals surface area contributed by atoms with E-state index in [2.05, 4.69) is 4.99 Å². The Hall–Kier alpha value is -3.24. The van der Waals surface area contributed by atoms with Gasteiger partial charge in [-0.1, -0.05) is 42.1 Å². The molecule has 0 spiro atoms. The summed E-state index contributed by atoms with van der Waals surface area (Å²) < 4.78 is 5.07. The number of ether oxygens (including phenoxy) is 1. The number of nitrogens with zero attached hydrogens (tertiary/aromatic N) is 3. The first-order valence-electron chi connectivity index (χ1n) is 9.11. The van der Waals surface area contributed by atoms with Crippen LogP contribution in [0.4, 0.5) is 5.69 Å². The molecule has 10 heteroatoms. The second-order valence-electron chi connectivity index (χ2n) is 6.79. The smallest absolute Gasteiger partial charge is 0.356 e. The summed E-state index contributed by atoms with van der Waals surface area (Å²) in [6.07, 6.45) is -1.14. The molecule has 0 aliphatic carbocycles. The maximum absolute atomic E-state index is 12.3. The van der Waals surface area contributed by atoms with Crippen LogP contribution in [0.3, 0.4) is 0 Å². The maximum Gasteiger partial charge on any atom is 0.356 e. The minimum Gasteiger partial charge on any atom is -0.457 e. The highest BCUT2D eigenvalue weighted by Gasteiger charge is 2.56. The van der Waals surface area contributed by atoms with Crippen molar-refractivity contribution in [1.82, 2.24) is 4.90 Å². The van der Waals surface area contributed by atoms with Gasteiger partial charge in [0.2, 0.25) is 6.23 Å². The molecule has 154 valence electrons. The standard InChI is InChI=1S/C20H17N3O6S/c24-17-16-19(30-15(21-16)10-12-4-2-1-3-5-12)22(17)18(25)20(26)29-11-13-6-8-14(9-7-13)23(27)28/h1-9,16,18-19,25H,10-11H2/t16-,18?,19-/m1/s1. The van der Waals surface area contributed by atoms with Crippen molar-refractivity contribution in [2.24, 2.45) is 4.99 Å². The number of fused-ring (bicyclic) bond motifs is 1. The van der Waals surface area contributed by atoms with Gasteiger partial charge in [0.05, 0.1) is 9.97 Å². The Bertz CT molecular complexity index is 1010. The number of carbonyl (C=O) groups excluding carboxylic acids is 2. The number of aliphatic imine (C=N–C) groups is 1. The van der Waals surface area contributed by atoms with Crippen LogP contribution in [0.25, 0.3) is 0 Å². The molecule has 1 fully saturated rings. The Morgan fingerprint density at radius 3 is 2.57 bits per heavy atom. The number of esters is 1. The molecule has 1 amide bonds. The first-order valence-corrected chi connectivity index (χ1v) is 9.99. The van der Waals surface area contributed by atoms with E-state index in [1.165, 1.54) is 36.0 Å². The Labute approximate surface area is 175 Å². The molecule has 1 unspecified atom stereocenters. The topological polar surface area (TPSA) is 122 Å². The van der Waals surface area contributed by atoms with E-state index in [-0.39, 0.29) is 12.3 Å². The zero-order chi connectivity index (χ0) is 21.3. The van der Waals surface area contributed by atoms with Crippen molar-refractivity contribution in [2.75, 3.05) is 0 Å². The van der Waals surface area contributed by atoms with Crippen LogP contribution in [0.1, 0.15) is 11.1 Å². The van der Waals surface area contributed by atoms with E-state index in [4.69, 9.17) is 4.74 Å². The van der Waals surface area contributed by atoms with Crippen molar-refractivity contribution in [1.29, 1.82) is 0 Å². The number of thioether (sulfide) groups is 1. The highest BCUT2D eigenvalue weighted by molar-refractivity contribution is 8.14. The molecule has 2 aliphatic rings. The third kappa shape index (κ3) is 3.91. The molecule has 1 saturated heterocycles. The second-order valence-corrected chi connectivity index (χ2v) is 7.98. The summed E-state index contributed by atoms with van der Waals surface area (Å²) in [6, 6.07) is 14.6. The van der Waals surface area contributed by atoms with Crippen LogP contribution in [0.5, 0.6) is 0 Å². The third-order valence-electron chi connectivity index (χ3n) is 4.79. The summed E-state index contributed by atoms with van der Waals surface area (Å²) in [7, 11) is 0. The van der Waals surface area contributed by atoms with E-state index >= 15 is 0 Å². The van der Waals surface area contributed by atoms with Gasteiger partial charge in [0.25, 0.3) is 11.6 Å². The number of hydrogen-bond donors (Lipinski definition) is 1. The first-order chi connectivity index (χ1) is 14.4. The summed E-state index contributed by atoms with van der Waals surface area (Å²) in [6.45, 7) is -0.174. The van der Waals surface area contributed by atoms with Crippen LogP contribution in [0.15, 0.2) is 59.6 Å². The van der Waals surface area contributed by atoms with Crippen molar-refractivity contribution < 1.29 is 24.4 Å². The predicted octanol–water partition coefficient (Wildman–Crippen LogP) is 1.88. The van der Waals surface area contributed by atoms with Crippen molar-refractivity contribution in [2.45, 2.75) is 30.7 Å². The molecule has 30 heavy (non-hydrogen) atoms. The van der Waals surface area contributed by atoms with Crippen LogP contribution >= 0.6 is 11.8 Å². The largest absolute Gasteiger partial charge is 0.457 e. The van der Waals surface area contributed by atoms with Crippen molar-refractivity contribution in [3.05, 3.63) is 75.8 Å². The molecule has 2 aromatic carbocycles. The van der Waals surface area contributed by atoms with Crippen molar-refractivity contribution in [3.8, 4) is 0 Å². The number of non-ortho nitro benzene ring substituents is 1. The third-order valence-corrected chi connectivity index (χ3v) is 6.04. The van der Waals surface area contributed by atoms with Gasteiger partial charge in [-0.25, -0.2) is 4.79 Å². The number of rotatable bonds is 7. The number of nitro benzene ring substituents is 1. The van der Waals surface area contributed by atoms with Gasteiger partial charge >= 0.3 is 5.97 Å². The number of amides is 1. The lowest BCUT2D eigenvalue weighted by molar-refractivity contribution is -0.384. The van der Waals surface area contributed by atoms with E-state index in [1.54, 1.807) is 0 Å². The number of carbonyl (C=O) groups is 2. The van der Waals surface area contributed by atoms with Gasteiger partial charge in [0.15, 0.2) is 6.04 Å². The fraction of sp³-hybridized carbons (Fsp3) is 0.250. The number of likely N-dealkylation sites (tertiary alicyclic amines) is 1. The van der Waals surface area contributed by atoms with E-state index in [1.807, 2.05) is 30.3 Å². The minimum absolute atomic E-state index is 0.0770. The number of nitro groups is 1. The minimum atomic E-state index is -1.73. The van der Waals surface area contributed by atoms with E-state index < -0.39 is 34.4 Å². The summed E-state index contributed by atoms with van der Waals surface area (Å²) in [5, 5.41) is 21.3. The second kappa shape index (κ2) is 8.25. The van der Waals surface area contributed by atoms with Gasteiger partial charge < -0.3 is 9.84 Å². The molecule has 2 aromatic rings. The Kier molecular flexibility index (Phi) is 5.51. The summed E-state index contributed by atoms with van der Waals surface area (Å²) in [5.41, 5.74) is 1.51. The molecule has 0 saturated carbocycles. The first kappa shape index (κ1) is 20.0. The van der Waals surface area contributed by atoms with E-state index in [9.17, 15) is 24.8 Å². The maximum atomic E-state index is 12.3. The van der Waals surface area contributed by atoms with Crippen LogP contribution in [-0.4, -0.2) is 49.5 Å². The SMILES string of the molecule is O=C(OCc1ccc([N+](=O)[O-])cc1)C(O)N1C(=O)[C@H]2N=C(Cc3ccccc3)S[C@H]21. The van der Waals surface area contributed by atoms with Gasteiger partial charge in [-0.05, 0) is 23.3 Å². The van der Waals surface area contributed by atoms with Crippen LogP contribution in [0, 0.1) is 10.1 Å². The molecule has 2 heterocycles. The summed E-state index contributed by atoms with van der Waals surface area (Å²) in [4.78, 5) is 40.2. The molecular formula is C20H17N3O6S. The summed E-state index contributed by atoms with van der Waals surface area (Å²) in [5.74, 6) is -1.38. The lowest BCUT2D eigenvalue weighted by atomic mass is 10.1. The molecule has 0 aromatic heterocycles. The van der Waals surface area contributed by atoms with Gasteiger partial charge in [-0.15, -0.1) is 0 Å². The normalized spacial score (nSPS) is 20.8. The molecule has 9 nitrogen and oxygen atoms in total. The zero-order valence-corrected chi connectivity index (χ0v) is 16.4. The average molecular weight is 427 g/mol. The van der Waals surface area contributed by atoms with E-state index in [0.717, 1.165) is 15.5 Å². The summed E-state index contributed by atoms with van der Waals surface area (Å²) >= 11 is 1.36. The Morgan fingerprint density at radius 2 is 1.90 bits per heavy atom. The highest BCUT2D eigenvalue weighted by atomic mass is 32.2. The number of aliphatic hydroxyl groups is 1. The Morgan fingerprint density at radius 1 is 1.20 bits per heavy atom. The van der Waals surface area contributed by atoms with Crippen LogP contribution in [-0.2, 0) is 27.4 Å². The number of β-lactam (4-membered cyclic amide) rings is 1. The van der Waals surface area contributed by atoms with Gasteiger partial charge in [0.1, 0.15) is 12.0 Å². The van der Waals surface area contributed by atoms with Crippen molar-refractivity contribution >= 4 is 34.4 Å². The number of aliphatic hydroxyl groups excluding tert-OH is 1. The highest BCUT2D eigenvalue weighted by Crippen LogP contribution is 2.40. The molecule has 2 aliphatic heterocycles. The lowest BCUT2D eigenvalue weighted by Crippen LogP contribution is -2.66. The number of hydrogen-bond acceptors (Lipinski definition) is 8. The van der Waals surface area contributed by atoms with Crippen LogP contribution in [0.2, 0.25) is 0 Å².